The van der Waals surface area contributed by atoms with E-state index < -0.39 is 0 Å². The number of aromatic nitrogens is 3. The topological polar surface area (TPSA) is 76.8 Å². The molecule has 0 aliphatic carbocycles. The Labute approximate surface area is 178 Å². The smallest absolute Gasteiger partial charge is 0.252 e. The van der Waals surface area contributed by atoms with Gasteiger partial charge in [-0.15, -0.1) is 12.4 Å². The number of anilines is 1. The normalized spacial score (nSPS) is 14.3. The summed E-state index contributed by atoms with van der Waals surface area (Å²) in [7, 11) is 0. The van der Waals surface area contributed by atoms with Gasteiger partial charge in [-0.2, -0.15) is 0 Å². The van der Waals surface area contributed by atoms with Crippen molar-refractivity contribution in [2.45, 2.75) is 6.92 Å². The summed E-state index contributed by atoms with van der Waals surface area (Å²) < 4.78 is 0. The maximum absolute atomic E-state index is 12.7. The van der Waals surface area contributed by atoms with Crippen LogP contribution in [0.1, 0.15) is 5.56 Å². The number of aromatic amines is 2. The maximum Gasteiger partial charge on any atom is 0.252 e. The highest BCUT2D eigenvalue weighted by atomic mass is 35.5. The average molecular weight is 430 g/mol. The molecule has 1 aliphatic heterocycles. The van der Waals surface area contributed by atoms with Crippen LogP contribution in [0, 0.1) is 6.92 Å². The molecule has 0 atom stereocenters. The summed E-state index contributed by atoms with van der Waals surface area (Å²) in [6.07, 6.45) is 3.71. The van der Waals surface area contributed by atoms with E-state index >= 15 is 0 Å². The van der Waals surface area contributed by atoms with Crippen molar-refractivity contribution >= 4 is 51.6 Å². The number of fused-ring (bicyclic) bond motifs is 3. The number of hydrogen-bond donors (Lipinski definition) is 3. The van der Waals surface area contributed by atoms with Gasteiger partial charge >= 0.3 is 0 Å². The van der Waals surface area contributed by atoms with Crippen molar-refractivity contribution in [2.24, 2.45) is 0 Å². The molecule has 1 aromatic carbocycles. The number of rotatable bonds is 2. The molecule has 0 radical (unpaired) electrons. The van der Waals surface area contributed by atoms with Gasteiger partial charge in [0, 0.05) is 65.0 Å². The first-order chi connectivity index (χ1) is 13.6. The minimum absolute atomic E-state index is 0. The Bertz CT molecular complexity index is 1260. The second kappa shape index (κ2) is 7.71. The monoisotopic (exact) mass is 429 g/mol. The molecule has 4 heterocycles. The predicted octanol–water partition coefficient (Wildman–Crippen LogP) is 3.86. The molecule has 0 unspecified atom stereocenters. The van der Waals surface area contributed by atoms with E-state index in [1.54, 1.807) is 0 Å². The van der Waals surface area contributed by atoms with E-state index in [0.717, 1.165) is 64.9 Å². The highest BCUT2D eigenvalue weighted by molar-refractivity contribution is 6.31. The quantitative estimate of drug-likeness (QED) is 0.451. The fourth-order valence-electron chi connectivity index (χ4n) is 4.01. The number of hydrogen-bond acceptors (Lipinski definition) is 4. The maximum atomic E-state index is 12.7. The number of nitrogens with zero attached hydrogens (tertiary/aromatic N) is 2. The van der Waals surface area contributed by atoms with Crippen LogP contribution >= 0.6 is 24.0 Å². The highest BCUT2D eigenvalue weighted by Crippen LogP contribution is 2.34. The van der Waals surface area contributed by atoms with E-state index in [2.05, 4.69) is 31.2 Å². The summed E-state index contributed by atoms with van der Waals surface area (Å²) in [5.74, 6) is 0. The number of H-pyrrole nitrogens is 2. The van der Waals surface area contributed by atoms with Gasteiger partial charge in [0.25, 0.3) is 5.56 Å². The Morgan fingerprint density at radius 1 is 1.07 bits per heavy atom. The van der Waals surface area contributed by atoms with Crippen molar-refractivity contribution in [3.63, 3.8) is 0 Å². The SMILES string of the molecule is Cc1c(-c2cncc(N3CCNCC3)c2)c2[nH]c3ccc(Cl)cc3c2[nH]c1=O.Cl. The molecule has 1 fully saturated rings. The van der Waals surface area contributed by atoms with Crippen LogP contribution in [0.4, 0.5) is 5.69 Å². The molecule has 5 rings (SSSR count). The lowest BCUT2D eigenvalue weighted by Gasteiger charge is -2.29. The first-order valence-corrected chi connectivity index (χ1v) is 9.74. The predicted molar refractivity (Wildman–Crippen MR) is 122 cm³/mol. The summed E-state index contributed by atoms with van der Waals surface area (Å²) in [6, 6.07) is 7.78. The number of halogens is 2. The van der Waals surface area contributed by atoms with Crippen LogP contribution in [0.2, 0.25) is 5.02 Å². The first kappa shape index (κ1) is 19.8. The molecule has 0 amide bonds. The molecule has 1 saturated heterocycles. The van der Waals surface area contributed by atoms with E-state index in [0.29, 0.717) is 10.6 Å². The number of benzene rings is 1. The van der Waals surface area contributed by atoms with E-state index in [1.165, 1.54) is 0 Å². The minimum atomic E-state index is -0.101. The standard InChI is InChI=1S/C21H20ClN5O.ClH/c1-12-18(13-8-15(11-24-10-13)27-6-4-23-5-7-27)20-19(26-21(12)28)16-9-14(22)2-3-17(16)25-20;/h2-3,8-11,23,25H,4-7H2,1H3,(H,26,28);1H. The summed E-state index contributed by atoms with van der Waals surface area (Å²) in [4.78, 5) is 26.0. The number of piperazine rings is 1. The second-order valence-electron chi connectivity index (χ2n) is 7.19. The lowest BCUT2D eigenvalue weighted by molar-refractivity contribution is 0.589. The Kier molecular flexibility index (Phi) is 5.25. The summed E-state index contributed by atoms with van der Waals surface area (Å²) >= 11 is 6.18. The zero-order valence-corrected chi connectivity index (χ0v) is 17.5. The zero-order chi connectivity index (χ0) is 19.3. The molecule has 0 spiro atoms. The Balaban J connectivity index is 0.00000205. The summed E-state index contributed by atoms with van der Waals surface area (Å²) in [5, 5.41) is 4.91. The van der Waals surface area contributed by atoms with Crippen LogP contribution in [0.3, 0.4) is 0 Å². The van der Waals surface area contributed by atoms with Gasteiger partial charge in [0.05, 0.1) is 22.9 Å². The summed E-state index contributed by atoms with van der Waals surface area (Å²) in [5.41, 5.74) is 6.07. The van der Waals surface area contributed by atoms with E-state index in [1.807, 2.05) is 37.5 Å². The molecule has 6 nitrogen and oxygen atoms in total. The molecule has 8 heteroatoms. The van der Waals surface area contributed by atoms with Gasteiger partial charge in [-0.05, 0) is 31.2 Å². The van der Waals surface area contributed by atoms with Gasteiger partial charge in [-0.25, -0.2) is 0 Å². The van der Waals surface area contributed by atoms with Gasteiger partial charge in [0.15, 0.2) is 0 Å². The minimum Gasteiger partial charge on any atom is -0.368 e. The zero-order valence-electron chi connectivity index (χ0n) is 15.9. The van der Waals surface area contributed by atoms with Crippen LogP contribution in [0.5, 0.6) is 0 Å². The van der Waals surface area contributed by atoms with Gasteiger partial charge in [-0.3, -0.25) is 9.78 Å². The fourth-order valence-corrected chi connectivity index (χ4v) is 4.18. The molecule has 150 valence electrons. The van der Waals surface area contributed by atoms with Crippen molar-refractivity contribution in [1.82, 2.24) is 20.3 Å². The number of pyridine rings is 2. The van der Waals surface area contributed by atoms with Gasteiger partial charge in [0.2, 0.25) is 0 Å². The third kappa shape index (κ3) is 3.37. The third-order valence-electron chi connectivity index (χ3n) is 5.46. The third-order valence-corrected chi connectivity index (χ3v) is 5.69. The van der Waals surface area contributed by atoms with Crippen LogP contribution in [0.15, 0.2) is 41.5 Å². The lowest BCUT2D eigenvalue weighted by Crippen LogP contribution is -2.43. The second-order valence-corrected chi connectivity index (χ2v) is 7.62. The average Bonchev–Trinajstić information content (AvgIpc) is 3.07. The molecule has 3 aromatic heterocycles. The summed E-state index contributed by atoms with van der Waals surface area (Å²) in [6.45, 7) is 5.66. The van der Waals surface area contributed by atoms with Crippen LogP contribution in [-0.4, -0.2) is 41.1 Å². The van der Waals surface area contributed by atoms with Crippen molar-refractivity contribution in [2.75, 3.05) is 31.1 Å². The van der Waals surface area contributed by atoms with Gasteiger partial charge in [0.1, 0.15) is 0 Å². The number of nitrogens with one attached hydrogen (secondary N) is 3. The first-order valence-electron chi connectivity index (χ1n) is 9.37. The van der Waals surface area contributed by atoms with E-state index in [4.69, 9.17) is 11.6 Å². The van der Waals surface area contributed by atoms with E-state index in [-0.39, 0.29) is 18.0 Å². The largest absolute Gasteiger partial charge is 0.368 e. The van der Waals surface area contributed by atoms with Crippen molar-refractivity contribution < 1.29 is 0 Å². The molecular formula is C21H21Cl2N5O. The van der Waals surface area contributed by atoms with Crippen LogP contribution in [0.25, 0.3) is 33.1 Å². The van der Waals surface area contributed by atoms with Crippen LogP contribution < -0.4 is 15.8 Å². The molecular weight excluding hydrogens is 409 g/mol. The van der Waals surface area contributed by atoms with E-state index in [9.17, 15) is 4.79 Å². The van der Waals surface area contributed by atoms with Crippen molar-refractivity contribution in [3.05, 3.63) is 57.6 Å². The lowest BCUT2D eigenvalue weighted by atomic mass is 10.0. The fraction of sp³-hybridized carbons (Fsp3) is 0.238. The van der Waals surface area contributed by atoms with Crippen molar-refractivity contribution in [1.29, 1.82) is 0 Å². The molecule has 1 aliphatic rings. The van der Waals surface area contributed by atoms with Gasteiger partial charge in [-0.1, -0.05) is 11.6 Å². The molecule has 0 saturated carbocycles. The molecule has 29 heavy (non-hydrogen) atoms. The van der Waals surface area contributed by atoms with Crippen LogP contribution in [-0.2, 0) is 0 Å². The Hall–Kier alpha value is -2.54. The Morgan fingerprint density at radius 3 is 2.66 bits per heavy atom. The Morgan fingerprint density at radius 2 is 1.86 bits per heavy atom. The molecule has 4 aromatic rings. The van der Waals surface area contributed by atoms with Crippen molar-refractivity contribution in [3.8, 4) is 11.1 Å². The van der Waals surface area contributed by atoms with Gasteiger partial charge < -0.3 is 20.2 Å². The highest BCUT2D eigenvalue weighted by Gasteiger charge is 2.18. The molecule has 0 bridgehead atoms. The molecule has 3 N–H and O–H groups in total.